The lowest BCUT2D eigenvalue weighted by Crippen LogP contribution is -2.43. The molecular weight excluding hydrogens is 288 g/mol. The maximum Gasteiger partial charge on any atom is 0.225 e. The van der Waals surface area contributed by atoms with E-state index < -0.39 is 0 Å². The van der Waals surface area contributed by atoms with E-state index in [1.807, 2.05) is 39.8 Å². The molecule has 0 unspecified atom stereocenters. The number of hydrogen-bond donors (Lipinski definition) is 3. The minimum atomic E-state index is -0.358. The Kier molecular flexibility index (Phi) is 7.59. The van der Waals surface area contributed by atoms with E-state index in [4.69, 9.17) is 0 Å². The highest BCUT2D eigenvalue weighted by Gasteiger charge is 2.20. The summed E-state index contributed by atoms with van der Waals surface area (Å²) in [5, 5.41) is 9.38. The SMILES string of the molecule is CCNC(=NCc1ccccc1C)NCCNC(=O)C(C)(C)C. The normalized spacial score (nSPS) is 12.0. The third-order valence-corrected chi connectivity index (χ3v) is 3.40. The zero-order chi connectivity index (χ0) is 17.3. The fourth-order valence-corrected chi connectivity index (χ4v) is 1.92. The molecule has 5 nitrogen and oxygen atoms in total. The molecule has 1 rings (SSSR count). The van der Waals surface area contributed by atoms with Gasteiger partial charge in [-0.05, 0) is 25.0 Å². The molecule has 1 aromatic carbocycles. The Morgan fingerprint density at radius 3 is 2.35 bits per heavy atom. The monoisotopic (exact) mass is 318 g/mol. The number of benzene rings is 1. The Morgan fingerprint density at radius 2 is 1.74 bits per heavy atom. The molecule has 0 radical (unpaired) electrons. The lowest BCUT2D eigenvalue weighted by Gasteiger charge is -2.18. The summed E-state index contributed by atoms with van der Waals surface area (Å²) in [6.07, 6.45) is 0. The minimum absolute atomic E-state index is 0.0566. The van der Waals surface area contributed by atoms with Crippen molar-refractivity contribution in [2.24, 2.45) is 10.4 Å². The number of nitrogens with zero attached hydrogens (tertiary/aromatic N) is 1. The van der Waals surface area contributed by atoms with Crippen LogP contribution >= 0.6 is 0 Å². The molecule has 0 atom stereocenters. The van der Waals surface area contributed by atoms with Crippen molar-refractivity contribution in [1.82, 2.24) is 16.0 Å². The smallest absolute Gasteiger partial charge is 0.225 e. The fourth-order valence-electron chi connectivity index (χ4n) is 1.92. The first-order chi connectivity index (χ1) is 10.8. The molecule has 0 saturated heterocycles. The van der Waals surface area contributed by atoms with E-state index in [2.05, 4.69) is 40.0 Å². The molecule has 23 heavy (non-hydrogen) atoms. The predicted molar refractivity (Wildman–Crippen MR) is 96.5 cm³/mol. The third kappa shape index (κ3) is 7.17. The number of amides is 1. The molecule has 0 fully saturated rings. The van der Waals surface area contributed by atoms with Crippen LogP contribution in [0.5, 0.6) is 0 Å². The Hall–Kier alpha value is -2.04. The maximum atomic E-state index is 11.8. The molecule has 1 aromatic rings. The number of carbonyl (C=O) groups is 1. The summed E-state index contributed by atoms with van der Waals surface area (Å²) in [5.41, 5.74) is 2.10. The summed E-state index contributed by atoms with van der Waals surface area (Å²) >= 11 is 0. The Morgan fingerprint density at radius 1 is 1.09 bits per heavy atom. The van der Waals surface area contributed by atoms with Crippen LogP contribution in [0.25, 0.3) is 0 Å². The first kappa shape index (κ1) is 19.0. The van der Waals surface area contributed by atoms with Crippen molar-refractivity contribution in [3.8, 4) is 0 Å². The van der Waals surface area contributed by atoms with Crippen LogP contribution in [-0.4, -0.2) is 31.5 Å². The number of rotatable bonds is 6. The van der Waals surface area contributed by atoms with Crippen LogP contribution in [0.15, 0.2) is 29.3 Å². The number of carbonyl (C=O) groups excluding carboxylic acids is 1. The van der Waals surface area contributed by atoms with Gasteiger partial charge in [-0.1, -0.05) is 45.0 Å². The van der Waals surface area contributed by atoms with Crippen molar-refractivity contribution in [1.29, 1.82) is 0 Å². The number of hydrogen-bond acceptors (Lipinski definition) is 2. The van der Waals surface area contributed by atoms with Gasteiger partial charge < -0.3 is 16.0 Å². The van der Waals surface area contributed by atoms with Gasteiger partial charge in [0, 0.05) is 25.0 Å². The van der Waals surface area contributed by atoms with Gasteiger partial charge in [0.1, 0.15) is 0 Å². The molecule has 0 aliphatic heterocycles. The van der Waals surface area contributed by atoms with Gasteiger partial charge >= 0.3 is 0 Å². The first-order valence-electron chi connectivity index (χ1n) is 8.19. The molecule has 0 spiro atoms. The van der Waals surface area contributed by atoms with E-state index in [1.54, 1.807) is 0 Å². The highest BCUT2D eigenvalue weighted by Crippen LogP contribution is 2.11. The second-order valence-electron chi connectivity index (χ2n) is 6.55. The number of guanidine groups is 1. The number of aryl methyl sites for hydroxylation is 1. The summed E-state index contributed by atoms with van der Waals surface area (Å²) in [6.45, 7) is 12.5. The van der Waals surface area contributed by atoms with Crippen LogP contribution in [0.4, 0.5) is 0 Å². The lowest BCUT2D eigenvalue weighted by molar-refractivity contribution is -0.128. The molecule has 0 saturated carbocycles. The van der Waals surface area contributed by atoms with Crippen LogP contribution in [0.3, 0.4) is 0 Å². The van der Waals surface area contributed by atoms with Crippen molar-refractivity contribution < 1.29 is 4.79 Å². The van der Waals surface area contributed by atoms with E-state index in [1.165, 1.54) is 11.1 Å². The van der Waals surface area contributed by atoms with E-state index >= 15 is 0 Å². The number of aliphatic imine (C=N–C) groups is 1. The van der Waals surface area contributed by atoms with Gasteiger partial charge in [0.2, 0.25) is 5.91 Å². The van der Waals surface area contributed by atoms with E-state index in [9.17, 15) is 4.79 Å². The van der Waals surface area contributed by atoms with Gasteiger partial charge in [0.25, 0.3) is 0 Å². The summed E-state index contributed by atoms with van der Waals surface area (Å²) in [7, 11) is 0. The highest BCUT2D eigenvalue weighted by molar-refractivity contribution is 5.81. The van der Waals surface area contributed by atoms with Gasteiger partial charge in [0.15, 0.2) is 5.96 Å². The van der Waals surface area contributed by atoms with Crippen LogP contribution in [0, 0.1) is 12.3 Å². The predicted octanol–water partition coefficient (Wildman–Crippen LogP) is 2.21. The Labute approximate surface area is 140 Å². The third-order valence-electron chi connectivity index (χ3n) is 3.40. The van der Waals surface area contributed by atoms with Gasteiger partial charge in [0.05, 0.1) is 6.54 Å². The van der Waals surface area contributed by atoms with Crippen LogP contribution in [-0.2, 0) is 11.3 Å². The standard InChI is InChI=1S/C18H30N4O/c1-6-19-17(21-12-11-20-16(23)18(3,4)5)22-13-15-10-8-7-9-14(15)2/h7-10H,6,11-13H2,1-5H3,(H,20,23)(H2,19,21,22). The molecular formula is C18H30N4O. The molecule has 0 heterocycles. The van der Waals surface area contributed by atoms with Crippen LogP contribution < -0.4 is 16.0 Å². The largest absolute Gasteiger partial charge is 0.357 e. The molecule has 128 valence electrons. The zero-order valence-corrected chi connectivity index (χ0v) is 15.0. The van der Waals surface area contributed by atoms with Gasteiger partial charge in [-0.25, -0.2) is 4.99 Å². The van der Waals surface area contributed by atoms with Crippen molar-refractivity contribution in [2.75, 3.05) is 19.6 Å². The molecule has 5 heteroatoms. The maximum absolute atomic E-state index is 11.8. The van der Waals surface area contributed by atoms with Crippen molar-refractivity contribution in [2.45, 2.75) is 41.2 Å². The molecule has 0 aromatic heterocycles. The molecule has 0 bridgehead atoms. The van der Waals surface area contributed by atoms with Crippen LogP contribution in [0.2, 0.25) is 0 Å². The van der Waals surface area contributed by atoms with Gasteiger partial charge in [-0.15, -0.1) is 0 Å². The summed E-state index contributed by atoms with van der Waals surface area (Å²) in [6, 6.07) is 8.24. The quantitative estimate of drug-likeness (QED) is 0.428. The minimum Gasteiger partial charge on any atom is -0.357 e. The topological polar surface area (TPSA) is 65.5 Å². The average molecular weight is 318 g/mol. The van der Waals surface area contributed by atoms with Gasteiger partial charge in [-0.3, -0.25) is 4.79 Å². The summed E-state index contributed by atoms with van der Waals surface area (Å²) in [5.74, 6) is 0.821. The summed E-state index contributed by atoms with van der Waals surface area (Å²) in [4.78, 5) is 16.4. The zero-order valence-electron chi connectivity index (χ0n) is 15.0. The van der Waals surface area contributed by atoms with Crippen molar-refractivity contribution >= 4 is 11.9 Å². The Bertz CT molecular complexity index is 532. The molecule has 3 N–H and O–H groups in total. The molecule has 0 aliphatic carbocycles. The molecule has 1 amide bonds. The van der Waals surface area contributed by atoms with Crippen LogP contribution in [0.1, 0.15) is 38.8 Å². The molecule has 0 aliphatic rings. The average Bonchev–Trinajstić information content (AvgIpc) is 2.49. The fraction of sp³-hybridized carbons (Fsp3) is 0.556. The second kappa shape index (κ2) is 9.18. The highest BCUT2D eigenvalue weighted by atomic mass is 16.2. The second-order valence-corrected chi connectivity index (χ2v) is 6.55. The van der Waals surface area contributed by atoms with Gasteiger partial charge in [-0.2, -0.15) is 0 Å². The first-order valence-corrected chi connectivity index (χ1v) is 8.19. The van der Waals surface area contributed by atoms with Crippen molar-refractivity contribution in [3.63, 3.8) is 0 Å². The van der Waals surface area contributed by atoms with E-state index in [0.717, 1.165) is 12.5 Å². The lowest BCUT2D eigenvalue weighted by atomic mass is 9.96. The Balaban J connectivity index is 2.47. The summed E-state index contributed by atoms with van der Waals surface area (Å²) < 4.78 is 0. The van der Waals surface area contributed by atoms with E-state index in [-0.39, 0.29) is 11.3 Å². The number of nitrogens with one attached hydrogen (secondary N) is 3. The van der Waals surface area contributed by atoms with E-state index in [0.29, 0.717) is 19.6 Å². The van der Waals surface area contributed by atoms with Crippen molar-refractivity contribution in [3.05, 3.63) is 35.4 Å².